The van der Waals surface area contributed by atoms with Crippen LogP contribution in [0.1, 0.15) is 2.85 Å². The number of hydrogen-bond acceptors (Lipinski definition) is 1. The van der Waals surface area contributed by atoms with Gasteiger partial charge in [-0.3, -0.25) is 0 Å². The van der Waals surface area contributed by atoms with Crippen LogP contribution in [0.3, 0.4) is 0 Å². The van der Waals surface area contributed by atoms with E-state index in [2.05, 4.69) is 0 Å². The van der Waals surface area contributed by atoms with E-state index in [1.54, 1.807) is 0 Å². The molecule has 0 bridgehead atoms. The first-order chi connectivity index (χ1) is 1.73. The summed E-state index contributed by atoms with van der Waals surface area (Å²) in [6.07, 6.45) is 0. The smallest absolute Gasteiger partial charge is 2.00 e. The molecule has 0 spiro atoms. The molecule has 0 heterocycles. The average molecular weight is 400 g/mol. The summed E-state index contributed by atoms with van der Waals surface area (Å²) in [6, 6.07) is 0. The van der Waals surface area contributed by atoms with E-state index in [1.807, 2.05) is 0 Å². The van der Waals surface area contributed by atoms with Gasteiger partial charge in [0.05, 0.1) is 0 Å². The first-order valence-corrected chi connectivity index (χ1v) is 2.69. The SMILES string of the molecule is [BiH3].[H-].[H-].[O]=[Ti]([OH])[OH].[Sr+2]. The van der Waals surface area contributed by atoms with E-state index in [-0.39, 0.29) is 74.5 Å². The van der Waals surface area contributed by atoms with Crippen molar-refractivity contribution in [1.82, 2.24) is 0 Å². The minimum Gasteiger partial charge on any atom is 2.00 e. The Balaban J connectivity index is -0.00000000750. The Morgan fingerprint density at radius 2 is 1.50 bits per heavy atom. The predicted octanol–water partition coefficient (Wildman–Crippen LogP) is -2.58. The molecule has 0 aromatic rings. The Hall–Kier alpha value is 2.80. The van der Waals surface area contributed by atoms with E-state index in [1.165, 1.54) is 0 Å². The fourth-order valence-corrected chi connectivity index (χ4v) is 0. The minimum atomic E-state index is -3.58. The van der Waals surface area contributed by atoms with Crippen molar-refractivity contribution >= 4 is 71.7 Å². The van der Waals surface area contributed by atoms with Gasteiger partial charge in [-0.2, -0.15) is 0 Å². The van der Waals surface area contributed by atoms with Crippen LogP contribution in [0.2, 0.25) is 0 Å². The van der Waals surface area contributed by atoms with E-state index < -0.39 is 18.6 Å². The van der Waals surface area contributed by atoms with Crippen LogP contribution in [0, 0.1) is 0 Å². The molecule has 0 aliphatic carbocycles. The summed E-state index contributed by atoms with van der Waals surface area (Å²) in [5, 5.41) is 0. The number of rotatable bonds is 0. The van der Waals surface area contributed by atoms with E-state index in [4.69, 9.17) is 10.7 Å². The normalized spacial score (nSPS) is 4.33. The molecule has 0 aliphatic heterocycles. The molecule has 36 valence electrons. The maximum Gasteiger partial charge on any atom is 2.00 e. The second-order valence-electron chi connectivity index (χ2n) is 0.283. The molecule has 6 heteroatoms. The van der Waals surface area contributed by atoms with Crippen LogP contribution >= 0.6 is 0 Å². The van der Waals surface area contributed by atoms with Gasteiger partial charge in [-0.15, -0.1) is 0 Å². The van der Waals surface area contributed by atoms with Gasteiger partial charge in [-0.1, -0.05) is 0 Å². The fourth-order valence-electron chi connectivity index (χ4n) is 0. The molecule has 0 saturated heterocycles. The molecule has 3 nitrogen and oxygen atoms in total. The van der Waals surface area contributed by atoms with Crippen molar-refractivity contribution in [1.29, 1.82) is 0 Å². The van der Waals surface area contributed by atoms with E-state index in [0.29, 0.717) is 0 Å². The molecule has 0 aliphatic rings. The van der Waals surface area contributed by atoms with Crippen molar-refractivity contribution in [3.63, 3.8) is 0 Å². The van der Waals surface area contributed by atoms with Gasteiger partial charge in [-0.25, -0.2) is 0 Å². The van der Waals surface area contributed by atoms with Crippen LogP contribution in [0.15, 0.2) is 0 Å². The second kappa shape index (κ2) is 10.7. The van der Waals surface area contributed by atoms with Crippen LogP contribution in [0.4, 0.5) is 0 Å². The monoisotopic (exact) mass is 400 g/mol. The first kappa shape index (κ1) is 15.9. The molecular formula is H7BiO3SrTi. The van der Waals surface area contributed by atoms with Gasteiger partial charge < -0.3 is 2.85 Å². The summed E-state index contributed by atoms with van der Waals surface area (Å²) < 4.78 is 23.2. The Bertz CT molecular complexity index is 40.3. The van der Waals surface area contributed by atoms with E-state index in [9.17, 15) is 0 Å². The third-order valence-corrected chi connectivity index (χ3v) is 0. The van der Waals surface area contributed by atoms with Crippen LogP contribution in [0.25, 0.3) is 0 Å². The van der Waals surface area contributed by atoms with Crippen molar-refractivity contribution in [2.45, 2.75) is 0 Å². The van der Waals surface area contributed by atoms with Crippen molar-refractivity contribution in [3.8, 4) is 0 Å². The zero-order valence-electron chi connectivity index (χ0n) is 5.22. The summed E-state index contributed by atoms with van der Waals surface area (Å²) in [5.74, 6) is 0. The Morgan fingerprint density at radius 1 is 1.50 bits per heavy atom. The Morgan fingerprint density at radius 3 is 1.50 bits per heavy atom. The Kier molecular flexibility index (Phi) is 28.4. The topological polar surface area (TPSA) is 57.5 Å². The second-order valence-corrected chi connectivity index (χ2v) is 1.17. The van der Waals surface area contributed by atoms with Crippen molar-refractivity contribution < 1.29 is 32.2 Å². The van der Waals surface area contributed by atoms with Gasteiger partial charge in [0.2, 0.25) is 0 Å². The zero-order valence-corrected chi connectivity index (χ0v) is 13.8. The first-order valence-electron chi connectivity index (χ1n) is 0.651. The molecule has 0 saturated carbocycles. The van der Waals surface area contributed by atoms with Crippen LogP contribution in [-0.2, 0) is 21.9 Å². The molecule has 0 radical (unpaired) electrons. The van der Waals surface area contributed by atoms with Gasteiger partial charge in [0.15, 0.2) is 0 Å². The Labute approximate surface area is 102 Å². The van der Waals surface area contributed by atoms with Crippen molar-refractivity contribution in [2.24, 2.45) is 0 Å². The summed E-state index contributed by atoms with van der Waals surface area (Å²) in [5.41, 5.74) is 0. The van der Waals surface area contributed by atoms with Crippen molar-refractivity contribution in [2.75, 3.05) is 0 Å². The summed E-state index contributed by atoms with van der Waals surface area (Å²) in [6.45, 7) is 0. The van der Waals surface area contributed by atoms with Crippen LogP contribution < -0.4 is 0 Å². The van der Waals surface area contributed by atoms with Crippen LogP contribution in [0.5, 0.6) is 0 Å². The van der Waals surface area contributed by atoms with Crippen LogP contribution in [-0.4, -0.2) is 79.1 Å². The maximum absolute atomic E-state index is 8.81. The van der Waals surface area contributed by atoms with Gasteiger partial charge >= 0.3 is 101 Å². The van der Waals surface area contributed by atoms with E-state index >= 15 is 0 Å². The molecule has 0 rings (SSSR count). The third-order valence-electron chi connectivity index (χ3n) is 0. The largest absolute Gasteiger partial charge is 2.00 e. The molecule has 0 aromatic heterocycles. The minimum absolute atomic E-state index is 0. The summed E-state index contributed by atoms with van der Waals surface area (Å²) >= 11 is -3.58. The number of hydrogen-bond donors (Lipinski definition) is 2. The molecular weight excluding hydrogens is 392 g/mol. The molecule has 2 N–H and O–H groups in total. The third kappa shape index (κ3) is 29.2. The van der Waals surface area contributed by atoms with Crippen molar-refractivity contribution in [3.05, 3.63) is 0 Å². The van der Waals surface area contributed by atoms with Gasteiger partial charge in [0.25, 0.3) is 0 Å². The molecule has 0 unspecified atom stereocenters. The maximum atomic E-state index is 8.81. The summed E-state index contributed by atoms with van der Waals surface area (Å²) in [7, 11) is 0. The van der Waals surface area contributed by atoms with E-state index in [0.717, 1.165) is 0 Å². The summed E-state index contributed by atoms with van der Waals surface area (Å²) in [4.78, 5) is 0. The zero-order chi connectivity index (χ0) is 3.58. The fraction of sp³-hybridized carbons (Fsp3) is 0. The quantitative estimate of drug-likeness (QED) is 0.440. The molecule has 0 amide bonds. The average Bonchev–Trinajstić information content (AvgIpc) is 0.811. The van der Waals surface area contributed by atoms with Gasteiger partial charge in [0, 0.05) is 0 Å². The van der Waals surface area contributed by atoms with Gasteiger partial charge in [-0.05, 0) is 0 Å². The molecule has 0 fully saturated rings. The predicted molar refractivity (Wildman–Crippen MR) is 23.0 cm³/mol. The standard InChI is InChI=1S/Bi.2H2O.O.Sr.Ti.5H/h;2*1H2;;;;;;;;/q;;;;2*+2;;;;2*-1/p-2. The molecule has 0 aromatic carbocycles. The van der Waals surface area contributed by atoms with Gasteiger partial charge in [0.1, 0.15) is 0 Å². The molecule has 6 heavy (non-hydrogen) atoms. The molecule has 0 atom stereocenters.